The number of aromatic amines is 1. The van der Waals surface area contributed by atoms with E-state index in [1.807, 2.05) is 87.8 Å². The molecule has 7 rings (SSSR count). The lowest BCUT2D eigenvalue weighted by molar-refractivity contribution is -0.142. The van der Waals surface area contributed by atoms with E-state index in [9.17, 15) is 19.2 Å². The van der Waals surface area contributed by atoms with Crippen LogP contribution in [0.1, 0.15) is 143 Å². The molecule has 3 aliphatic rings. The van der Waals surface area contributed by atoms with Crippen molar-refractivity contribution in [3.8, 4) is 11.1 Å². The molecule has 2 fully saturated rings. The Balaban J connectivity index is 0.00000225. The smallest absolute Gasteiger partial charge is 0.407 e. The molecule has 15 heteroatoms. The van der Waals surface area contributed by atoms with Gasteiger partial charge in [0, 0.05) is 43.9 Å². The molecule has 1 saturated carbocycles. The van der Waals surface area contributed by atoms with Crippen LogP contribution in [-0.2, 0) is 36.9 Å². The lowest BCUT2D eigenvalue weighted by atomic mass is 9.79. The van der Waals surface area contributed by atoms with Crippen molar-refractivity contribution in [3.05, 3.63) is 107 Å². The van der Waals surface area contributed by atoms with Crippen LogP contribution in [0.25, 0.3) is 27.9 Å². The van der Waals surface area contributed by atoms with Crippen LogP contribution in [0.15, 0.2) is 73.8 Å². The number of H-pyrrole nitrogens is 1. The number of nitrogens with zero attached hydrogens (tertiary/aromatic N) is 3. The molecule has 3 aromatic carbocycles. The molecule has 394 valence electrons. The number of aromatic nitrogens is 2. The van der Waals surface area contributed by atoms with Gasteiger partial charge in [0.15, 0.2) is 0 Å². The van der Waals surface area contributed by atoms with Gasteiger partial charge in [-0.2, -0.15) is 8.78 Å². The van der Waals surface area contributed by atoms with Gasteiger partial charge in [0.25, 0.3) is 5.92 Å². The molecule has 0 bridgehead atoms. The number of hydrogen-bond donors (Lipinski definition) is 4. The molecule has 72 heavy (non-hydrogen) atoms. The van der Waals surface area contributed by atoms with Crippen LogP contribution >= 0.6 is 0 Å². The number of ether oxygens (including phenoxy) is 2. The van der Waals surface area contributed by atoms with E-state index in [0.29, 0.717) is 54.3 Å². The number of alkyl carbamates (subject to hydrolysis) is 2. The molecule has 0 spiro atoms. The summed E-state index contributed by atoms with van der Waals surface area (Å²) in [6, 6.07) is 14.6. The number of imidazole rings is 1. The minimum Gasteiger partial charge on any atom is -0.453 e. The zero-order chi connectivity index (χ0) is 53.3. The molecule has 4 N–H and O–H groups in total. The second-order valence-corrected chi connectivity index (χ2v) is 20.1. The summed E-state index contributed by atoms with van der Waals surface area (Å²) < 4.78 is 42.9. The molecule has 1 aromatic heterocycles. The van der Waals surface area contributed by atoms with Crippen LogP contribution in [-0.4, -0.2) is 95.7 Å². The third kappa shape index (κ3) is 12.1. The van der Waals surface area contributed by atoms with Crippen molar-refractivity contribution in [1.29, 1.82) is 0 Å². The van der Waals surface area contributed by atoms with Crippen LogP contribution in [0.5, 0.6) is 0 Å². The summed E-state index contributed by atoms with van der Waals surface area (Å²) in [4.78, 5) is 64.5. The number of alkyl halides is 2. The quantitative estimate of drug-likeness (QED) is 0.0808. The first-order valence-electron chi connectivity index (χ1n) is 25.6. The lowest BCUT2D eigenvalue weighted by Gasteiger charge is -2.44. The van der Waals surface area contributed by atoms with Gasteiger partial charge in [-0.3, -0.25) is 9.59 Å². The maximum Gasteiger partial charge on any atom is 0.407 e. The standard InChI is InChI=1S/C53H69F2N7O6.C2H6.C2H4.H2/c1-11-37-15-13-14-24-62(46(63)33(6)57-49(65)67-9)52(37,8)48-58-43-21-17-35(27-44(43)59-48)25-34-16-19-38-39-20-18-36(28-41(39)53(54,55)40(38)26-34)42(12-2)56-32(5)29-61(30-51(7)22-23-51)47(64)45(31(3)4)60-50(66)68-10;2*1-2;/h12,16-21,26-28,31-33,37,45,56H,11,13-15,22-25,29-30H2,1-10H3,(H,57,65)(H,58,59)(H,60,66);1-2H3;1-2H2;1H/b42-12-;;;/t32?,33-,37+,45-,52?;;;/m0.../s1. The van der Waals surface area contributed by atoms with Crippen LogP contribution < -0.4 is 16.0 Å². The van der Waals surface area contributed by atoms with Gasteiger partial charge < -0.3 is 40.2 Å². The predicted molar refractivity (Wildman–Crippen MR) is 285 cm³/mol. The molecule has 1 saturated heterocycles. The minimum absolute atomic E-state index is 0. The number of allylic oxidation sites excluding steroid dienone is 1. The van der Waals surface area contributed by atoms with E-state index >= 15 is 8.78 Å². The van der Waals surface area contributed by atoms with E-state index in [0.717, 1.165) is 60.7 Å². The topological polar surface area (TPSA) is 158 Å². The Hall–Kier alpha value is -6.25. The number of halogens is 2. The molecule has 4 amide bonds. The van der Waals surface area contributed by atoms with Gasteiger partial charge in [-0.25, -0.2) is 14.6 Å². The van der Waals surface area contributed by atoms with Gasteiger partial charge in [0.2, 0.25) is 11.8 Å². The third-order valence-corrected chi connectivity index (χ3v) is 14.6. The number of hydrogen-bond acceptors (Lipinski definition) is 8. The highest BCUT2D eigenvalue weighted by Crippen LogP contribution is 2.52. The first-order chi connectivity index (χ1) is 34.3. The number of carbonyl (C=O) groups excluding carboxylic acids is 4. The molecular weight excluding hydrogens is 917 g/mol. The molecule has 4 aromatic rings. The summed E-state index contributed by atoms with van der Waals surface area (Å²) in [7, 11) is 2.54. The van der Waals surface area contributed by atoms with Gasteiger partial charge in [-0.1, -0.05) is 90.8 Å². The fourth-order valence-electron chi connectivity index (χ4n) is 10.3. The molecule has 0 radical (unpaired) electrons. The SMILES string of the molecule is C/C=C(\NC(C)CN(CC1(C)CC1)C(=O)[C@@H](NC(=O)OC)C(C)C)c1ccc2c(c1)C(F)(F)c1cc(Cc3ccc4nc(C5(C)[C@H](CC)CCCCN5C(=O)[C@H](C)NC(=O)OC)[nH]c4c3)ccc1-2.C=C.CC.[HH]. The van der Waals surface area contributed by atoms with Gasteiger partial charge in [0.1, 0.15) is 23.4 Å². The molecule has 1 aliphatic heterocycles. The van der Waals surface area contributed by atoms with Gasteiger partial charge in [-0.05, 0) is 129 Å². The third-order valence-electron chi connectivity index (χ3n) is 14.6. The zero-order valence-corrected chi connectivity index (χ0v) is 44.7. The fourth-order valence-corrected chi connectivity index (χ4v) is 10.3. The number of amides is 4. The van der Waals surface area contributed by atoms with Gasteiger partial charge >= 0.3 is 12.2 Å². The Morgan fingerprint density at radius 1 is 0.903 bits per heavy atom. The van der Waals surface area contributed by atoms with E-state index in [4.69, 9.17) is 14.5 Å². The maximum atomic E-state index is 16.7. The first kappa shape index (κ1) is 56.7. The number of fused-ring (bicyclic) bond motifs is 4. The Labute approximate surface area is 427 Å². The van der Waals surface area contributed by atoms with E-state index in [1.54, 1.807) is 31.2 Å². The highest BCUT2D eigenvalue weighted by Gasteiger charge is 2.48. The lowest BCUT2D eigenvalue weighted by Crippen LogP contribution is -2.57. The Morgan fingerprint density at radius 2 is 1.51 bits per heavy atom. The maximum absolute atomic E-state index is 16.7. The van der Waals surface area contributed by atoms with E-state index in [1.165, 1.54) is 14.2 Å². The molecule has 2 aliphatic carbocycles. The minimum atomic E-state index is -3.25. The zero-order valence-electron chi connectivity index (χ0n) is 44.7. The van der Waals surface area contributed by atoms with Crippen molar-refractivity contribution in [1.82, 2.24) is 35.7 Å². The summed E-state index contributed by atoms with van der Waals surface area (Å²) in [6.07, 6.45) is 6.48. The van der Waals surface area contributed by atoms with Crippen molar-refractivity contribution < 1.29 is 38.9 Å². The summed E-state index contributed by atoms with van der Waals surface area (Å²) in [5, 5.41) is 8.85. The second kappa shape index (κ2) is 24.0. The van der Waals surface area contributed by atoms with Crippen LogP contribution in [0.2, 0.25) is 0 Å². The highest BCUT2D eigenvalue weighted by atomic mass is 19.3. The number of nitrogens with one attached hydrogen (secondary N) is 4. The van der Waals surface area contributed by atoms with E-state index in [2.05, 4.69) is 54.9 Å². The normalized spacial score (nSPS) is 19.6. The molecule has 2 unspecified atom stereocenters. The Bertz CT molecular complexity index is 2600. The summed E-state index contributed by atoms with van der Waals surface area (Å²) in [5.74, 6) is -3.04. The number of carbonyl (C=O) groups is 4. The molecule has 5 atom stereocenters. The highest BCUT2D eigenvalue weighted by molar-refractivity contribution is 5.87. The molecular formula is C57H81F2N7O6. The fraction of sp³-hybridized carbons (Fsp3) is 0.526. The molecule has 2 heterocycles. The summed E-state index contributed by atoms with van der Waals surface area (Å²) >= 11 is 0. The number of methoxy groups -OCH3 is 2. The Morgan fingerprint density at radius 3 is 2.12 bits per heavy atom. The monoisotopic (exact) mass is 998 g/mol. The first-order valence-corrected chi connectivity index (χ1v) is 25.6. The number of benzene rings is 3. The molecule has 13 nitrogen and oxygen atoms in total. The van der Waals surface area contributed by atoms with Gasteiger partial charge in [0.05, 0.1) is 25.3 Å². The van der Waals surface area contributed by atoms with Gasteiger partial charge in [-0.15, -0.1) is 13.2 Å². The van der Waals surface area contributed by atoms with E-state index in [-0.39, 0.29) is 47.7 Å². The van der Waals surface area contributed by atoms with Crippen LogP contribution in [0.3, 0.4) is 0 Å². The second-order valence-electron chi connectivity index (χ2n) is 20.1. The summed E-state index contributed by atoms with van der Waals surface area (Å²) in [6.45, 7) is 27.0. The Kier molecular flexibility index (Phi) is 18.9. The van der Waals surface area contributed by atoms with Crippen molar-refractivity contribution in [2.24, 2.45) is 17.3 Å². The van der Waals surface area contributed by atoms with Crippen molar-refractivity contribution in [2.75, 3.05) is 33.9 Å². The summed E-state index contributed by atoms with van der Waals surface area (Å²) in [5.41, 5.74) is 4.58. The van der Waals surface area contributed by atoms with Crippen molar-refractivity contribution >= 4 is 40.7 Å². The predicted octanol–water partition coefficient (Wildman–Crippen LogP) is 11.7. The average Bonchev–Trinajstić information content (AvgIpc) is 3.93. The van der Waals surface area contributed by atoms with Crippen LogP contribution in [0, 0.1) is 17.3 Å². The van der Waals surface area contributed by atoms with Crippen LogP contribution in [0.4, 0.5) is 18.4 Å². The largest absolute Gasteiger partial charge is 0.453 e. The average molecular weight is 998 g/mol. The number of likely N-dealkylation sites (tertiary alicyclic amines) is 1. The van der Waals surface area contributed by atoms with Crippen molar-refractivity contribution in [3.63, 3.8) is 0 Å². The van der Waals surface area contributed by atoms with Crippen molar-refractivity contribution in [2.45, 2.75) is 144 Å². The number of rotatable bonds is 16. The van der Waals surface area contributed by atoms with E-state index < -0.39 is 35.7 Å².